The summed E-state index contributed by atoms with van der Waals surface area (Å²) in [6, 6.07) is 33.3. The first kappa shape index (κ1) is 36.2. The summed E-state index contributed by atoms with van der Waals surface area (Å²) in [5.74, 6) is 0.750. The number of nitrogens with zero attached hydrogens (tertiary/aromatic N) is 3. The number of hydrogen-bond acceptors (Lipinski definition) is 5. The average molecular weight is 797 g/mol. The van der Waals surface area contributed by atoms with Crippen LogP contribution in [0.2, 0.25) is 0 Å². The summed E-state index contributed by atoms with van der Waals surface area (Å²) >= 11 is 0. The fourth-order valence-electron chi connectivity index (χ4n) is 7.09. The van der Waals surface area contributed by atoms with Crippen molar-refractivity contribution in [2.45, 2.75) is 108 Å². The fourth-order valence-corrected chi connectivity index (χ4v) is 7.09. The Labute approximate surface area is 290 Å². The summed E-state index contributed by atoms with van der Waals surface area (Å²) in [5, 5.41) is 19.6. The number of pyridine rings is 1. The molecule has 2 saturated carbocycles. The Morgan fingerprint density at radius 2 is 1.48 bits per heavy atom. The number of aliphatic hydroxyl groups is 2. The molecule has 4 aromatic rings. The van der Waals surface area contributed by atoms with E-state index in [2.05, 4.69) is 83.1 Å². The van der Waals surface area contributed by atoms with Crippen LogP contribution in [0.1, 0.15) is 89.5 Å². The first-order valence-electron chi connectivity index (χ1n) is 16.9. The molecule has 46 heavy (non-hydrogen) atoms. The molecule has 246 valence electrons. The largest absolute Gasteiger partial charge is 3.00 e. The maximum Gasteiger partial charge on any atom is 3.00 e. The zero-order valence-electron chi connectivity index (χ0n) is 27.6. The summed E-state index contributed by atoms with van der Waals surface area (Å²) < 4.78 is 0. The van der Waals surface area contributed by atoms with E-state index < -0.39 is 0 Å². The molecule has 2 aliphatic carbocycles. The smallest absolute Gasteiger partial charge is 0.525 e. The van der Waals surface area contributed by atoms with E-state index in [1.54, 1.807) is 13.8 Å². The van der Waals surface area contributed by atoms with Crippen molar-refractivity contribution in [3.8, 4) is 11.3 Å². The van der Waals surface area contributed by atoms with Crippen molar-refractivity contribution in [3.05, 3.63) is 103 Å². The molecular formula is C40H50IrN3O2. The number of benzene rings is 3. The van der Waals surface area contributed by atoms with E-state index in [9.17, 15) is 0 Å². The molecule has 3 aromatic carbocycles. The number of likely N-dealkylation sites (N-methyl/N-ethyl adjacent to an activating group) is 1. The number of fused-ring (bicyclic) bond motifs is 2. The van der Waals surface area contributed by atoms with Gasteiger partial charge in [-0.3, -0.25) is 0 Å². The molecule has 0 radical (unpaired) electrons. The molecule has 0 amide bonds. The van der Waals surface area contributed by atoms with Crippen molar-refractivity contribution in [1.29, 1.82) is 0 Å². The molecule has 4 unspecified atom stereocenters. The molecule has 2 N–H and O–H groups in total. The predicted octanol–water partition coefficient (Wildman–Crippen LogP) is 8.55. The minimum atomic E-state index is -0.375. The third-order valence-corrected chi connectivity index (χ3v) is 9.34. The monoisotopic (exact) mass is 797 g/mol. The molecular weight excluding hydrogens is 747 g/mol. The number of aromatic nitrogens is 1. The number of aliphatic hydroxyl groups excluding tert-OH is 2. The summed E-state index contributed by atoms with van der Waals surface area (Å²) in [7, 11) is 2.20. The molecule has 5 nitrogen and oxygen atoms in total. The van der Waals surface area contributed by atoms with Gasteiger partial charge in [0.1, 0.15) is 0 Å². The molecule has 3 fully saturated rings. The Morgan fingerprint density at radius 3 is 2.11 bits per heavy atom. The van der Waals surface area contributed by atoms with Gasteiger partial charge < -0.3 is 25.0 Å². The molecule has 3 aliphatic rings. The topological polar surface area (TPSA) is 59.8 Å². The van der Waals surface area contributed by atoms with E-state index in [4.69, 9.17) is 10.2 Å². The maximum absolute atomic E-state index is 8.56. The standard InChI is InChI=1S/C21H20N.C14H18N2.C5H12O2.Ir/c1-3-7-16(8-4-1)18-11-12-19-14-21(22-15-20(19)13-18)17-9-5-2-6-10-17;1-15-11-16(12-7-3-2-4-8-12)14-10-6-5-9-13(14)15;1-4(6)3-5(2)7;/h2,5-6,9,11-16H,1,3-4,7-8H2;2-4,7,11,13-14H,5-6,9-10H2,1H3;4-7H,3H2,1-2H3;/q-1;-2;;+3. The Hall–Kier alpha value is -2.60. The molecule has 7 rings (SSSR count). The van der Waals surface area contributed by atoms with Crippen molar-refractivity contribution >= 4 is 16.5 Å². The van der Waals surface area contributed by atoms with E-state index >= 15 is 0 Å². The van der Waals surface area contributed by atoms with Gasteiger partial charge in [-0.1, -0.05) is 50.3 Å². The second-order valence-corrected chi connectivity index (χ2v) is 13.1. The van der Waals surface area contributed by atoms with E-state index in [0.29, 0.717) is 18.5 Å². The summed E-state index contributed by atoms with van der Waals surface area (Å²) in [5.41, 5.74) is 4.76. The quantitative estimate of drug-likeness (QED) is 0.199. The van der Waals surface area contributed by atoms with Crippen molar-refractivity contribution in [3.63, 3.8) is 0 Å². The number of rotatable bonds is 5. The molecule has 0 bridgehead atoms. The van der Waals surface area contributed by atoms with E-state index in [1.165, 1.54) is 79.8 Å². The van der Waals surface area contributed by atoms with Crippen LogP contribution in [0.25, 0.3) is 22.0 Å². The third-order valence-electron chi connectivity index (χ3n) is 9.34. The van der Waals surface area contributed by atoms with Crippen LogP contribution in [0.15, 0.2) is 79.0 Å². The Kier molecular flexibility index (Phi) is 14.2. The second-order valence-electron chi connectivity index (χ2n) is 13.1. The van der Waals surface area contributed by atoms with Crippen LogP contribution < -0.4 is 4.90 Å². The van der Waals surface area contributed by atoms with Crippen molar-refractivity contribution in [2.24, 2.45) is 0 Å². The molecule has 1 saturated heterocycles. The number of para-hydroxylation sites is 1. The normalized spacial score (nSPS) is 21.1. The summed E-state index contributed by atoms with van der Waals surface area (Å²) in [4.78, 5) is 9.42. The zero-order valence-corrected chi connectivity index (χ0v) is 30.0. The fraction of sp³-hybridized carbons (Fsp3) is 0.450. The van der Waals surface area contributed by atoms with Crippen molar-refractivity contribution < 1.29 is 30.3 Å². The molecule has 0 spiro atoms. The predicted molar refractivity (Wildman–Crippen MR) is 186 cm³/mol. The van der Waals surface area contributed by atoms with Crippen LogP contribution in [0.4, 0.5) is 5.69 Å². The zero-order chi connectivity index (χ0) is 31.6. The first-order chi connectivity index (χ1) is 21.9. The van der Waals surface area contributed by atoms with Gasteiger partial charge in [-0.2, -0.15) is 37.0 Å². The molecule has 4 atom stereocenters. The van der Waals surface area contributed by atoms with Gasteiger partial charge in [0.25, 0.3) is 0 Å². The minimum absolute atomic E-state index is 0. The SMILES string of the molecule is CC(O)CC(C)O.CN1[CH-]N(c2[c-]cccc2)C2CCCCC21.[Ir+3].[c-]1ccccc1-c1cc2ccc(C3CCCCC3)cc2cn1. The van der Waals surface area contributed by atoms with Crippen LogP contribution in [-0.2, 0) is 20.1 Å². The van der Waals surface area contributed by atoms with Crippen molar-refractivity contribution in [1.82, 2.24) is 9.88 Å². The van der Waals surface area contributed by atoms with Gasteiger partial charge in [-0.25, -0.2) is 0 Å². The minimum Gasteiger partial charge on any atom is -0.525 e. The van der Waals surface area contributed by atoms with Gasteiger partial charge in [0.05, 0.1) is 12.2 Å². The Morgan fingerprint density at radius 1 is 0.804 bits per heavy atom. The van der Waals surface area contributed by atoms with Crippen molar-refractivity contribution in [2.75, 3.05) is 11.9 Å². The first-order valence-corrected chi connectivity index (χ1v) is 16.9. The Bertz CT molecular complexity index is 1440. The number of anilines is 1. The number of hydrogen-bond donors (Lipinski definition) is 2. The molecule has 1 aliphatic heterocycles. The van der Waals surface area contributed by atoms with E-state index in [0.717, 1.165) is 17.2 Å². The van der Waals surface area contributed by atoms with Gasteiger partial charge in [0, 0.05) is 18.3 Å². The van der Waals surface area contributed by atoms with Crippen LogP contribution in [0, 0.1) is 18.8 Å². The van der Waals surface area contributed by atoms with Gasteiger partial charge in [-0.15, -0.1) is 41.6 Å². The van der Waals surface area contributed by atoms with E-state index in [-0.39, 0.29) is 32.3 Å². The van der Waals surface area contributed by atoms with Crippen LogP contribution in [-0.4, -0.2) is 51.4 Å². The van der Waals surface area contributed by atoms with Gasteiger partial charge in [0.15, 0.2) is 0 Å². The molecule has 1 aromatic heterocycles. The Balaban J connectivity index is 0.000000176. The summed E-state index contributed by atoms with van der Waals surface area (Å²) in [6.45, 7) is 5.58. The molecule has 2 heterocycles. The van der Waals surface area contributed by atoms with Crippen LogP contribution in [0.5, 0.6) is 0 Å². The average Bonchev–Trinajstić information content (AvgIpc) is 3.42. The van der Waals surface area contributed by atoms with Crippen LogP contribution >= 0.6 is 0 Å². The third kappa shape index (κ3) is 9.95. The van der Waals surface area contributed by atoms with Gasteiger partial charge in [-0.05, 0) is 87.0 Å². The maximum atomic E-state index is 8.56. The van der Waals surface area contributed by atoms with Gasteiger partial charge >= 0.3 is 20.1 Å². The second kappa shape index (κ2) is 18.1. The van der Waals surface area contributed by atoms with Gasteiger partial charge in [0.2, 0.25) is 0 Å². The molecule has 6 heteroatoms. The van der Waals surface area contributed by atoms with Crippen LogP contribution in [0.3, 0.4) is 0 Å². The summed E-state index contributed by atoms with van der Waals surface area (Å²) in [6.07, 6.45) is 14.0. The van der Waals surface area contributed by atoms with E-state index in [1.807, 2.05) is 36.5 Å².